The van der Waals surface area contributed by atoms with Crippen LogP contribution in [-0.2, 0) is 5.75 Å². The molecule has 1 aliphatic carbocycles. The van der Waals surface area contributed by atoms with Crippen LogP contribution in [0.1, 0.15) is 37.9 Å². The van der Waals surface area contributed by atoms with Crippen molar-refractivity contribution in [2.24, 2.45) is 0 Å². The summed E-state index contributed by atoms with van der Waals surface area (Å²) < 4.78 is 0.499. The molecule has 1 heterocycles. The zero-order valence-electron chi connectivity index (χ0n) is 9.04. The molecule has 0 amide bonds. The maximum absolute atomic E-state index is 11.3. The van der Waals surface area contributed by atoms with Gasteiger partial charge in [0.05, 0.1) is 5.75 Å². The van der Waals surface area contributed by atoms with Crippen molar-refractivity contribution in [3.8, 4) is 0 Å². The predicted molar refractivity (Wildman–Crippen MR) is 70.7 cm³/mol. The van der Waals surface area contributed by atoms with Crippen molar-refractivity contribution in [3.05, 3.63) is 26.8 Å². The molecule has 1 N–H and O–H groups in total. The first kappa shape index (κ1) is 12.2. The van der Waals surface area contributed by atoms with Crippen LogP contribution in [0.25, 0.3) is 0 Å². The van der Waals surface area contributed by atoms with Gasteiger partial charge in [-0.25, -0.2) is 4.98 Å². The summed E-state index contributed by atoms with van der Waals surface area (Å²) in [4.78, 5) is 18.3. The van der Waals surface area contributed by atoms with Crippen molar-refractivity contribution in [2.75, 3.05) is 0 Å². The molecule has 5 heteroatoms. The Hall–Kier alpha value is -0.290. The molecule has 0 spiro atoms. The van der Waals surface area contributed by atoms with Gasteiger partial charge in [-0.1, -0.05) is 19.3 Å². The number of halogens is 1. The summed E-state index contributed by atoms with van der Waals surface area (Å²) in [5.74, 6) is 1.59. The number of aromatic nitrogens is 2. The molecule has 1 fully saturated rings. The standard InChI is InChI=1S/C11H15BrN2OS/c12-9-6-13-10(14-11(9)15)7-16-8-4-2-1-3-5-8/h6,8H,1-5,7H2,(H,13,14,15). The van der Waals surface area contributed by atoms with E-state index in [0.717, 1.165) is 16.8 Å². The molecular formula is C11H15BrN2OS. The van der Waals surface area contributed by atoms with Crippen molar-refractivity contribution in [2.45, 2.75) is 43.1 Å². The first-order chi connectivity index (χ1) is 7.75. The largest absolute Gasteiger partial charge is 0.309 e. The molecule has 0 radical (unpaired) electrons. The number of hydrogen-bond acceptors (Lipinski definition) is 3. The summed E-state index contributed by atoms with van der Waals surface area (Å²) in [6.45, 7) is 0. The highest BCUT2D eigenvalue weighted by Crippen LogP contribution is 2.29. The Bertz CT molecular complexity index is 401. The number of hydrogen-bond donors (Lipinski definition) is 1. The molecule has 1 aliphatic rings. The van der Waals surface area contributed by atoms with Gasteiger partial charge in [-0.2, -0.15) is 11.8 Å². The molecule has 0 aromatic carbocycles. The molecule has 1 aromatic heterocycles. The molecule has 1 saturated carbocycles. The number of thioether (sulfide) groups is 1. The fourth-order valence-corrected chi connectivity index (χ4v) is 3.33. The van der Waals surface area contributed by atoms with Crippen molar-refractivity contribution in [3.63, 3.8) is 0 Å². The predicted octanol–water partition coefficient (Wildman–Crippen LogP) is 3.10. The second kappa shape index (κ2) is 5.87. The maximum atomic E-state index is 11.3. The molecule has 0 atom stereocenters. The van der Waals surface area contributed by atoms with Gasteiger partial charge < -0.3 is 4.98 Å². The molecular weight excluding hydrogens is 288 g/mol. The number of aromatic amines is 1. The highest BCUT2D eigenvalue weighted by Gasteiger charge is 2.14. The number of nitrogens with one attached hydrogen (secondary N) is 1. The first-order valence-corrected chi connectivity index (χ1v) is 7.45. The quantitative estimate of drug-likeness (QED) is 0.933. The Morgan fingerprint density at radius 3 is 2.88 bits per heavy atom. The normalized spacial score (nSPS) is 17.6. The van der Waals surface area contributed by atoms with E-state index in [9.17, 15) is 4.79 Å². The summed E-state index contributed by atoms with van der Waals surface area (Å²) >= 11 is 5.06. The molecule has 2 rings (SSSR count). The summed E-state index contributed by atoms with van der Waals surface area (Å²) in [6, 6.07) is 0. The lowest BCUT2D eigenvalue weighted by Crippen LogP contribution is -2.13. The highest BCUT2D eigenvalue weighted by atomic mass is 79.9. The van der Waals surface area contributed by atoms with E-state index in [0.29, 0.717) is 4.47 Å². The van der Waals surface area contributed by atoms with Crippen molar-refractivity contribution in [1.82, 2.24) is 9.97 Å². The molecule has 88 valence electrons. The zero-order valence-corrected chi connectivity index (χ0v) is 11.4. The van der Waals surface area contributed by atoms with E-state index in [1.54, 1.807) is 6.20 Å². The fraction of sp³-hybridized carbons (Fsp3) is 0.636. The van der Waals surface area contributed by atoms with E-state index < -0.39 is 0 Å². The smallest absolute Gasteiger partial charge is 0.265 e. The number of rotatable bonds is 3. The average Bonchev–Trinajstić information content (AvgIpc) is 2.32. The molecule has 0 unspecified atom stereocenters. The lowest BCUT2D eigenvalue weighted by molar-refractivity contribution is 0.516. The Morgan fingerprint density at radius 1 is 1.44 bits per heavy atom. The van der Waals surface area contributed by atoms with Gasteiger partial charge in [-0.05, 0) is 28.8 Å². The van der Waals surface area contributed by atoms with E-state index in [1.165, 1.54) is 32.1 Å². The van der Waals surface area contributed by atoms with Gasteiger partial charge in [0.2, 0.25) is 0 Å². The van der Waals surface area contributed by atoms with Crippen molar-refractivity contribution >= 4 is 27.7 Å². The van der Waals surface area contributed by atoms with Gasteiger partial charge in [-0.3, -0.25) is 4.79 Å². The number of H-pyrrole nitrogens is 1. The van der Waals surface area contributed by atoms with Crippen LogP contribution in [0, 0.1) is 0 Å². The fourth-order valence-electron chi connectivity index (χ4n) is 1.92. The minimum atomic E-state index is -0.0887. The summed E-state index contributed by atoms with van der Waals surface area (Å²) in [5, 5.41) is 0.752. The van der Waals surface area contributed by atoms with E-state index in [2.05, 4.69) is 25.9 Å². The highest BCUT2D eigenvalue weighted by molar-refractivity contribution is 9.10. The van der Waals surface area contributed by atoms with Gasteiger partial charge in [0.1, 0.15) is 10.3 Å². The van der Waals surface area contributed by atoms with Crippen LogP contribution in [0.5, 0.6) is 0 Å². The third kappa shape index (κ3) is 3.35. The Balaban J connectivity index is 1.88. The summed E-state index contributed by atoms with van der Waals surface area (Å²) in [5.41, 5.74) is -0.0887. The lowest BCUT2D eigenvalue weighted by Gasteiger charge is -2.20. The van der Waals surface area contributed by atoms with Gasteiger partial charge in [0.15, 0.2) is 0 Å². The van der Waals surface area contributed by atoms with Crippen LogP contribution in [0.4, 0.5) is 0 Å². The van der Waals surface area contributed by atoms with Gasteiger partial charge in [0.25, 0.3) is 5.56 Å². The second-order valence-electron chi connectivity index (χ2n) is 4.08. The Labute approximate surface area is 108 Å². The average molecular weight is 303 g/mol. The van der Waals surface area contributed by atoms with E-state index in [4.69, 9.17) is 0 Å². The van der Waals surface area contributed by atoms with Gasteiger partial charge in [0, 0.05) is 11.4 Å². The van der Waals surface area contributed by atoms with Gasteiger partial charge >= 0.3 is 0 Å². The van der Waals surface area contributed by atoms with Crippen LogP contribution in [0.15, 0.2) is 15.5 Å². The van der Waals surface area contributed by atoms with Crippen LogP contribution in [0.3, 0.4) is 0 Å². The molecule has 0 bridgehead atoms. The van der Waals surface area contributed by atoms with E-state index in [-0.39, 0.29) is 5.56 Å². The van der Waals surface area contributed by atoms with Crippen LogP contribution in [-0.4, -0.2) is 15.2 Å². The lowest BCUT2D eigenvalue weighted by atomic mass is 10.0. The third-order valence-corrected chi connectivity index (χ3v) is 4.76. The molecule has 0 aliphatic heterocycles. The van der Waals surface area contributed by atoms with Crippen molar-refractivity contribution in [1.29, 1.82) is 0 Å². The zero-order chi connectivity index (χ0) is 11.4. The molecule has 3 nitrogen and oxygen atoms in total. The molecule has 1 aromatic rings. The van der Waals surface area contributed by atoms with Gasteiger partial charge in [-0.15, -0.1) is 0 Å². The second-order valence-corrected chi connectivity index (χ2v) is 6.22. The minimum absolute atomic E-state index is 0.0887. The Morgan fingerprint density at radius 2 is 2.19 bits per heavy atom. The first-order valence-electron chi connectivity index (χ1n) is 5.61. The topological polar surface area (TPSA) is 45.8 Å². The van der Waals surface area contributed by atoms with Crippen LogP contribution < -0.4 is 5.56 Å². The van der Waals surface area contributed by atoms with Crippen molar-refractivity contribution < 1.29 is 0 Å². The monoisotopic (exact) mass is 302 g/mol. The summed E-state index contributed by atoms with van der Waals surface area (Å²) in [7, 11) is 0. The van der Waals surface area contributed by atoms with Crippen LogP contribution in [0.2, 0.25) is 0 Å². The maximum Gasteiger partial charge on any atom is 0.265 e. The number of nitrogens with zero attached hydrogens (tertiary/aromatic N) is 1. The molecule has 16 heavy (non-hydrogen) atoms. The Kier molecular flexibility index (Phi) is 4.46. The SMILES string of the molecule is O=c1[nH]c(CSC2CCCCC2)ncc1Br. The van der Waals surface area contributed by atoms with Crippen LogP contribution >= 0.6 is 27.7 Å². The van der Waals surface area contributed by atoms with E-state index >= 15 is 0 Å². The van der Waals surface area contributed by atoms with E-state index in [1.807, 2.05) is 11.8 Å². The molecule has 0 saturated heterocycles. The third-order valence-electron chi connectivity index (χ3n) is 2.82. The summed E-state index contributed by atoms with van der Waals surface area (Å²) in [6.07, 6.45) is 8.28. The minimum Gasteiger partial charge on any atom is -0.309 e.